The molecule has 0 aromatic heterocycles. The van der Waals surface area contributed by atoms with Crippen LogP contribution in [0.5, 0.6) is 0 Å². The van der Waals surface area contributed by atoms with E-state index >= 15 is 0 Å². The van der Waals surface area contributed by atoms with Gasteiger partial charge in [0.15, 0.2) is 0 Å². The van der Waals surface area contributed by atoms with Gasteiger partial charge in [0.1, 0.15) is 42.4 Å². The number of hydrogen-bond acceptors (Lipinski definition) is 19. The van der Waals surface area contributed by atoms with Crippen molar-refractivity contribution in [3.8, 4) is 0 Å². The van der Waals surface area contributed by atoms with Gasteiger partial charge in [-0.3, -0.25) is 24.0 Å². The Bertz CT molecular complexity index is 1860. The molecule has 0 spiro atoms. The third kappa shape index (κ3) is 56.0. The van der Waals surface area contributed by atoms with Crippen LogP contribution in [0.15, 0.2) is 0 Å². The number of sulfonamides is 1. The van der Waals surface area contributed by atoms with E-state index in [1.165, 1.54) is 66.3 Å². The van der Waals surface area contributed by atoms with Crippen molar-refractivity contribution in [3.05, 3.63) is 0 Å². The first-order valence-corrected chi connectivity index (χ1v) is 30.1. The van der Waals surface area contributed by atoms with E-state index in [0.717, 1.165) is 74.7 Å². The first-order valence-electron chi connectivity index (χ1n) is 25.9. The van der Waals surface area contributed by atoms with E-state index in [0.29, 0.717) is 30.6 Å². The Morgan fingerprint density at radius 1 is 0.613 bits per heavy atom. The standard InChI is InChI=1S/C17H30N2O5.C13H24N2O5S.C10H19NO2.C7H13NO4.C2H4Br2.CH2O3.2K.H/c1-17(2,3)24-16(22)18-11-14(20)19-13(15(21)23-4)10-12-8-6-5-7-9-12;1-20-13(17)11(8-10-6-4-3-5-7-10)15-12(16)9-14-21(2,18)19;1-13-10(12)9(11)7-8-5-3-2-4-6-8;1-7(2,3)12-6(11)8-4-5(9)10;3-1-2-4;2-1-4-3;;;/h12-13H,5-11H2,1-4H3,(H,18,22)(H,19,20);10-11,14H,3-9H2,1-2H3,(H,15,16);8-9H,2-7,11H2,1H3;4H2,1-3H3,(H,8,11)(H,9,10);1-2H2;1,3H;;;/q;;;;;;2*+1;-1/p-1. The van der Waals surface area contributed by atoms with E-state index in [-0.39, 0.29) is 130 Å². The zero-order valence-electron chi connectivity index (χ0n) is 50.3. The minimum absolute atomic E-state index is 0. The summed E-state index contributed by atoms with van der Waals surface area (Å²) in [5.41, 5.74) is 4.46. The van der Waals surface area contributed by atoms with Crippen LogP contribution >= 0.6 is 31.9 Å². The maximum atomic E-state index is 12.0. The molecule has 25 nitrogen and oxygen atoms in total. The zero-order chi connectivity index (χ0) is 60.3. The minimum Gasteiger partial charge on any atom is -1.00 e. The summed E-state index contributed by atoms with van der Waals surface area (Å²) >= 11 is 6.40. The molecule has 0 bridgehead atoms. The summed E-state index contributed by atoms with van der Waals surface area (Å²) in [5, 5.41) is 28.4. The molecule has 4 amide bonds. The molecule has 3 saturated carbocycles. The van der Waals surface area contributed by atoms with Crippen molar-refractivity contribution in [2.75, 3.05) is 57.9 Å². The number of carbonyl (C=O) groups is 9. The number of ether oxygens (including phenoxy) is 5. The summed E-state index contributed by atoms with van der Waals surface area (Å²) in [5.74, 6) is -1.83. The smallest absolute Gasteiger partial charge is 1.00 e. The van der Waals surface area contributed by atoms with Crippen LogP contribution in [0.3, 0.4) is 0 Å². The van der Waals surface area contributed by atoms with E-state index in [9.17, 15) is 46.8 Å². The van der Waals surface area contributed by atoms with Gasteiger partial charge in [-0.15, -0.1) is 0 Å². The van der Waals surface area contributed by atoms with Gasteiger partial charge < -0.3 is 67.4 Å². The second kappa shape index (κ2) is 52.2. The van der Waals surface area contributed by atoms with E-state index in [1.807, 2.05) is 0 Å². The predicted molar refractivity (Wildman–Crippen MR) is 296 cm³/mol. The number of rotatable bonds is 20. The minimum atomic E-state index is -3.44. The molecular weight excluding hydrogens is 1260 g/mol. The number of amides is 4. The van der Waals surface area contributed by atoms with Crippen LogP contribution in [0.25, 0.3) is 0 Å². The van der Waals surface area contributed by atoms with Crippen molar-refractivity contribution in [3.63, 3.8) is 0 Å². The zero-order valence-corrected chi connectivity index (χ0v) is 59.6. The van der Waals surface area contributed by atoms with E-state index < -0.39 is 87.8 Å². The fourth-order valence-electron chi connectivity index (χ4n) is 7.87. The van der Waals surface area contributed by atoms with Crippen molar-refractivity contribution in [2.45, 2.75) is 186 Å². The van der Waals surface area contributed by atoms with Gasteiger partial charge >= 0.3 is 139 Å². The molecule has 0 aromatic carbocycles. The Balaban J connectivity index is -0.000000225. The van der Waals surface area contributed by atoms with Gasteiger partial charge in [-0.05, 0) is 78.6 Å². The summed E-state index contributed by atoms with van der Waals surface area (Å²) in [6.45, 7) is 9.10. The van der Waals surface area contributed by atoms with E-state index in [1.54, 1.807) is 41.5 Å². The molecule has 3 aliphatic carbocycles. The molecule has 3 fully saturated rings. The monoisotopic (exact) mass is 1350 g/mol. The van der Waals surface area contributed by atoms with Gasteiger partial charge in [0.05, 0.1) is 34.1 Å². The molecule has 0 aromatic rings. The Labute approximate surface area is 577 Å². The average Bonchev–Trinajstić information content (AvgIpc) is 3.38. The largest absolute Gasteiger partial charge is 1.00 e. The van der Waals surface area contributed by atoms with Crippen LogP contribution in [-0.2, 0) is 72.2 Å². The molecular formula is C50H92Br2K2N6O19S. The number of nitrogens with one attached hydrogen (secondary N) is 5. The second-order valence-electron chi connectivity index (χ2n) is 20.4. The molecule has 0 heterocycles. The molecule has 8 N–H and O–H groups in total. The van der Waals surface area contributed by atoms with Crippen LogP contribution in [0.2, 0.25) is 0 Å². The van der Waals surface area contributed by atoms with Gasteiger partial charge in [-0.2, -0.15) is 0 Å². The van der Waals surface area contributed by atoms with Crippen molar-refractivity contribution in [1.29, 1.82) is 0 Å². The Morgan fingerprint density at radius 2 is 0.925 bits per heavy atom. The molecule has 458 valence electrons. The molecule has 3 unspecified atom stereocenters. The number of halogens is 2. The van der Waals surface area contributed by atoms with Crippen LogP contribution in [0.1, 0.15) is 159 Å². The van der Waals surface area contributed by atoms with Gasteiger partial charge in [0.25, 0.3) is 6.47 Å². The second-order valence-corrected chi connectivity index (χ2v) is 23.8. The molecule has 3 aliphatic rings. The first kappa shape index (κ1) is 87.7. The van der Waals surface area contributed by atoms with Gasteiger partial charge in [-0.25, -0.2) is 32.3 Å². The molecule has 3 rings (SSSR count). The molecule has 0 aliphatic heterocycles. The van der Waals surface area contributed by atoms with Gasteiger partial charge in [0, 0.05) is 10.7 Å². The number of carboxylic acid groups (broad SMARTS) is 1. The fraction of sp³-hybridized carbons (Fsp3) is 0.820. The summed E-state index contributed by atoms with van der Waals surface area (Å²) in [7, 11) is 0.539. The topological polar surface area (TPSA) is 373 Å². The van der Waals surface area contributed by atoms with Gasteiger partial charge in [0.2, 0.25) is 21.8 Å². The molecule has 30 heteroatoms. The SMILES string of the molecule is BrCCBr.CC(C)(C)OC(=O)NCC(=O)O.COC(=O)C(CC1CCCCC1)NC(=O)CNC(=O)OC(C)(C)C.COC(=O)C(CC1CCCCC1)NC(=O)CNS(C)(=O)=O.COC(=O)C(N)CC1CCCCC1.O=CO[O-].[H-].[K+].[K+]. The summed E-state index contributed by atoms with van der Waals surface area (Å²) in [6, 6.07) is -1.80. The van der Waals surface area contributed by atoms with Crippen molar-refractivity contribution in [2.24, 2.45) is 23.5 Å². The quantitative estimate of drug-likeness (QED) is 0.0141. The normalized spacial score (nSPS) is 15.4. The molecule has 3 atom stereocenters. The van der Waals surface area contributed by atoms with Crippen molar-refractivity contribution >= 4 is 96.2 Å². The number of nitrogens with two attached hydrogens (primary N) is 1. The maximum Gasteiger partial charge on any atom is 1.00 e. The Morgan fingerprint density at radius 3 is 1.20 bits per heavy atom. The van der Waals surface area contributed by atoms with Crippen LogP contribution in [0, 0.1) is 17.8 Å². The maximum absolute atomic E-state index is 12.0. The average molecular weight is 1350 g/mol. The summed E-state index contributed by atoms with van der Waals surface area (Å²) < 4.78 is 47.9. The number of carbonyl (C=O) groups excluding carboxylic acids is 8. The summed E-state index contributed by atoms with van der Waals surface area (Å²) in [6.07, 6.45) is 19.1. The van der Waals surface area contributed by atoms with E-state index in [4.69, 9.17) is 39.8 Å². The number of alkyl halides is 2. The Kier molecular flexibility index (Phi) is 57.2. The Hall–Kier alpha value is -1.11. The number of hydrogen-bond donors (Lipinski definition) is 7. The third-order valence-electron chi connectivity index (χ3n) is 11.2. The van der Waals surface area contributed by atoms with Crippen LogP contribution < -0.4 is 140 Å². The molecule has 0 radical (unpaired) electrons. The van der Waals surface area contributed by atoms with Crippen LogP contribution in [-0.4, -0.2) is 155 Å². The molecule has 0 saturated heterocycles. The molecule has 80 heavy (non-hydrogen) atoms. The van der Waals surface area contributed by atoms with Crippen molar-refractivity contribution in [1.82, 2.24) is 26.0 Å². The third-order valence-corrected chi connectivity index (χ3v) is 13.8. The fourth-order valence-corrected chi connectivity index (χ4v) is 8.26. The number of alkyl carbamates (subject to hydrolysis) is 2. The number of carboxylic acids is 1. The van der Waals surface area contributed by atoms with Crippen LogP contribution in [0.4, 0.5) is 9.59 Å². The van der Waals surface area contributed by atoms with E-state index in [2.05, 4.69) is 67.5 Å². The summed E-state index contributed by atoms with van der Waals surface area (Å²) in [4.78, 5) is 102. The number of aliphatic carboxylic acids is 1. The number of methoxy groups -OCH3 is 3. The van der Waals surface area contributed by atoms with Crippen molar-refractivity contribution < 1.29 is 195 Å². The van der Waals surface area contributed by atoms with Gasteiger partial charge in [-0.1, -0.05) is 128 Å². The number of esters is 3. The predicted octanol–water partition coefficient (Wildman–Crippen LogP) is -1.31. The first-order chi connectivity index (χ1) is 36.4.